The number of nitro groups is 1. The van der Waals surface area contributed by atoms with Crippen molar-refractivity contribution in [3.8, 4) is 23.0 Å². The molecule has 0 aliphatic carbocycles. The first-order chi connectivity index (χ1) is 14.6. The van der Waals surface area contributed by atoms with E-state index in [-0.39, 0.29) is 17.2 Å². The van der Waals surface area contributed by atoms with Gasteiger partial charge in [-0.05, 0) is 55.5 Å². The fourth-order valence-corrected chi connectivity index (χ4v) is 2.77. The maximum absolute atomic E-state index is 13.1. The molecule has 0 aromatic heterocycles. The smallest absolute Gasteiger partial charge is 0.304 e. The Kier molecular flexibility index (Phi) is 6.17. The number of carbonyl (C=O) groups excluding carboxylic acids is 1. The minimum absolute atomic E-state index is 0.150. The molecule has 0 saturated carbocycles. The molecule has 1 atom stereocenters. The van der Waals surface area contributed by atoms with Crippen LogP contribution in [0.3, 0.4) is 0 Å². The highest BCUT2D eigenvalue weighted by Crippen LogP contribution is 2.34. The third-order valence-electron chi connectivity index (χ3n) is 4.14. The molecule has 0 aliphatic rings. The van der Waals surface area contributed by atoms with Gasteiger partial charge in [0.25, 0.3) is 5.69 Å². The summed E-state index contributed by atoms with van der Waals surface area (Å²) >= 11 is 0. The lowest BCUT2D eigenvalue weighted by Crippen LogP contribution is -2.37. The molecular weight excluding hydrogens is 407 g/mol. The van der Waals surface area contributed by atoms with Crippen LogP contribution in [0.2, 0.25) is 0 Å². The van der Waals surface area contributed by atoms with E-state index in [0.29, 0.717) is 17.1 Å². The highest BCUT2D eigenvalue weighted by molar-refractivity contribution is 5.66. The van der Waals surface area contributed by atoms with Crippen molar-refractivity contribution in [1.29, 1.82) is 0 Å². The first-order valence-corrected chi connectivity index (χ1v) is 9.12. The van der Waals surface area contributed by atoms with E-state index in [9.17, 15) is 19.3 Å². The van der Waals surface area contributed by atoms with Gasteiger partial charge in [0.15, 0.2) is 5.72 Å². The summed E-state index contributed by atoms with van der Waals surface area (Å²) in [5.74, 6) is 0.0450. The van der Waals surface area contributed by atoms with Crippen molar-refractivity contribution in [2.75, 3.05) is 0 Å². The van der Waals surface area contributed by atoms with Gasteiger partial charge in [0.1, 0.15) is 28.8 Å². The quantitative estimate of drug-likeness (QED) is 0.244. The van der Waals surface area contributed by atoms with Crippen LogP contribution in [0.25, 0.3) is 0 Å². The molecule has 0 saturated heterocycles. The molecule has 0 amide bonds. The third kappa shape index (κ3) is 5.77. The second-order valence-corrected chi connectivity index (χ2v) is 6.80. The van der Waals surface area contributed by atoms with Crippen LogP contribution in [-0.2, 0) is 15.3 Å². The number of esters is 1. The Bertz CT molecular complexity index is 1100. The molecule has 2 N–H and O–H groups in total. The highest BCUT2D eigenvalue weighted by atomic mass is 19.1. The van der Waals surface area contributed by atoms with Crippen molar-refractivity contribution >= 4 is 11.7 Å². The molecule has 1 unspecified atom stereocenters. The first-order valence-electron chi connectivity index (χ1n) is 9.12. The maximum Gasteiger partial charge on any atom is 0.304 e. The average Bonchev–Trinajstić information content (AvgIpc) is 2.69. The van der Waals surface area contributed by atoms with Gasteiger partial charge < -0.3 is 14.2 Å². The van der Waals surface area contributed by atoms with E-state index >= 15 is 0 Å². The molecule has 0 bridgehead atoms. The van der Waals surface area contributed by atoms with E-state index in [1.807, 2.05) is 0 Å². The number of nitro benzene ring substituents is 1. The molecule has 0 heterocycles. The van der Waals surface area contributed by atoms with Crippen LogP contribution in [0.4, 0.5) is 10.1 Å². The van der Waals surface area contributed by atoms with Crippen LogP contribution < -0.4 is 15.2 Å². The number of rotatable bonds is 7. The Morgan fingerprint density at radius 1 is 0.935 bits per heavy atom. The lowest BCUT2D eigenvalue weighted by Gasteiger charge is -2.24. The highest BCUT2D eigenvalue weighted by Gasteiger charge is 2.24. The molecular formula is C22H19FN2O6. The number of carbonyl (C=O) groups is 1. The molecule has 0 fully saturated rings. The van der Waals surface area contributed by atoms with Gasteiger partial charge in [0, 0.05) is 18.6 Å². The Labute approximate surface area is 177 Å². The van der Waals surface area contributed by atoms with Gasteiger partial charge in [0.2, 0.25) is 0 Å². The van der Waals surface area contributed by atoms with Crippen molar-refractivity contribution in [3.05, 3.63) is 88.2 Å². The molecule has 9 heteroatoms. The Hall–Kier alpha value is -3.98. The molecule has 8 nitrogen and oxygen atoms in total. The topological polar surface area (TPSA) is 114 Å². The molecule has 3 aromatic carbocycles. The maximum atomic E-state index is 13.1. The van der Waals surface area contributed by atoms with Gasteiger partial charge >= 0.3 is 5.97 Å². The van der Waals surface area contributed by atoms with Gasteiger partial charge in [-0.15, -0.1) is 0 Å². The number of nitrogens with two attached hydrogens (primary N) is 1. The molecule has 0 aliphatic heterocycles. The molecule has 0 spiro atoms. The minimum Gasteiger partial charge on any atom is -0.457 e. The predicted molar refractivity (Wildman–Crippen MR) is 109 cm³/mol. The summed E-state index contributed by atoms with van der Waals surface area (Å²) < 4.78 is 29.5. The van der Waals surface area contributed by atoms with Crippen LogP contribution >= 0.6 is 0 Å². The Morgan fingerprint density at radius 2 is 1.42 bits per heavy atom. The van der Waals surface area contributed by atoms with Gasteiger partial charge in [-0.2, -0.15) is 0 Å². The molecule has 0 radical (unpaired) electrons. The number of non-ortho nitro benzene ring substituents is 1. The largest absolute Gasteiger partial charge is 0.457 e. The van der Waals surface area contributed by atoms with Gasteiger partial charge in [-0.3, -0.25) is 20.6 Å². The van der Waals surface area contributed by atoms with E-state index in [4.69, 9.17) is 19.9 Å². The Morgan fingerprint density at radius 3 is 1.87 bits per heavy atom. The van der Waals surface area contributed by atoms with Crippen molar-refractivity contribution in [2.24, 2.45) is 5.73 Å². The zero-order chi connectivity index (χ0) is 22.6. The van der Waals surface area contributed by atoms with Crippen molar-refractivity contribution < 1.29 is 28.3 Å². The number of nitrogens with zero attached hydrogens (tertiary/aromatic N) is 1. The SMILES string of the molecule is CC(=O)OC(C)(N)c1ccc(Oc2cc(Oc3ccc(F)cc3)cc([N+](=O)[O-])c2)cc1. The number of hydrogen-bond acceptors (Lipinski definition) is 7. The van der Waals surface area contributed by atoms with E-state index in [0.717, 1.165) is 0 Å². The lowest BCUT2D eigenvalue weighted by atomic mass is 10.1. The van der Waals surface area contributed by atoms with E-state index in [1.54, 1.807) is 31.2 Å². The van der Waals surface area contributed by atoms with Crippen LogP contribution in [0.5, 0.6) is 23.0 Å². The van der Waals surface area contributed by atoms with Gasteiger partial charge in [-0.25, -0.2) is 4.39 Å². The van der Waals surface area contributed by atoms with Gasteiger partial charge in [-0.1, -0.05) is 0 Å². The summed E-state index contributed by atoms with van der Waals surface area (Å²) in [6.45, 7) is 2.81. The summed E-state index contributed by atoms with van der Waals surface area (Å²) in [5, 5.41) is 11.3. The number of ether oxygens (including phenoxy) is 3. The zero-order valence-electron chi connectivity index (χ0n) is 16.7. The number of halogens is 1. The van der Waals surface area contributed by atoms with Crippen LogP contribution in [-0.4, -0.2) is 10.9 Å². The monoisotopic (exact) mass is 426 g/mol. The van der Waals surface area contributed by atoms with Crippen LogP contribution in [0.1, 0.15) is 19.4 Å². The summed E-state index contributed by atoms with van der Waals surface area (Å²) in [4.78, 5) is 21.9. The second-order valence-electron chi connectivity index (χ2n) is 6.80. The van der Waals surface area contributed by atoms with Crippen molar-refractivity contribution in [2.45, 2.75) is 19.6 Å². The fourth-order valence-electron chi connectivity index (χ4n) is 2.77. The molecule has 31 heavy (non-hydrogen) atoms. The summed E-state index contributed by atoms with van der Waals surface area (Å²) in [6.07, 6.45) is 0. The average molecular weight is 426 g/mol. The molecule has 160 valence electrons. The first kappa shape index (κ1) is 21.7. The minimum atomic E-state index is -1.31. The van der Waals surface area contributed by atoms with Gasteiger partial charge in [0.05, 0.1) is 17.1 Å². The van der Waals surface area contributed by atoms with E-state index in [2.05, 4.69) is 0 Å². The van der Waals surface area contributed by atoms with E-state index < -0.39 is 22.4 Å². The fraction of sp³-hybridized carbons (Fsp3) is 0.136. The van der Waals surface area contributed by atoms with Crippen molar-refractivity contribution in [1.82, 2.24) is 0 Å². The normalized spacial score (nSPS) is 12.5. The third-order valence-corrected chi connectivity index (χ3v) is 4.14. The predicted octanol–water partition coefficient (Wildman–Crippen LogP) is 5.01. The standard InChI is InChI=1S/C22H19FN2O6/c1-14(26)31-22(2,24)15-3-7-18(8-4-15)29-20-11-17(25(27)28)12-21(13-20)30-19-9-5-16(23)6-10-19/h3-13H,24H2,1-2H3. The van der Waals surface area contributed by atoms with Crippen LogP contribution in [0, 0.1) is 15.9 Å². The lowest BCUT2D eigenvalue weighted by molar-refractivity contribution is -0.385. The summed E-state index contributed by atoms with van der Waals surface area (Å²) in [7, 11) is 0. The second kappa shape index (κ2) is 8.80. The Balaban J connectivity index is 1.83. The molecule has 3 aromatic rings. The summed E-state index contributed by atoms with van der Waals surface area (Å²) in [6, 6.07) is 15.6. The number of benzene rings is 3. The summed E-state index contributed by atoms with van der Waals surface area (Å²) in [5.41, 5.74) is 4.98. The number of hydrogen-bond donors (Lipinski definition) is 1. The zero-order valence-corrected chi connectivity index (χ0v) is 16.7. The van der Waals surface area contributed by atoms with Crippen molar-refractivity contribution in [3.63, 3.8) is 0 Å². The van der Waals surface area contributed by atoms with E-state index in [1.165, 1.54) is 49.4 Å². The molecule has 3 rings (SSSR count). The van der Waals surface area contributed by atoms with Crippen LogP contribution in [0.15, 0.2) is 66.7 Å².